The highest BCUT2D eigenvalue weighted by Gasteiger charge is 2.51. The Hall–Kier alpha value is -0.120. The molecule has 3 rings (SSSR count). The van der Waals surface area contributed by atoms with Crippen molar-refractivity contribution < 1.29 is 4.74 Å². The van der Waals surface area contributed by atoms with Crippen LogP contribution in [0.25, 0.3) is 0 Å². The Bertz CT molecular complexity index is 322. The van der Waals surface area contributed by atoms with Crippen molar-refractivity contribution in [3.63, 3.8) is 0 Å². The Kier molecular flexibility index (Phi) is 3.20. The maximum Gasteiger partial charge on any atom is 0.0670 e. The number of hydrogen-bond donors (Lipinski definition) is 1. The van der Waals surface area contributed by atoms with Crippen molar-refractivity contribution in [2.45, 2.75) is 69.6 Å². The molecule has 0 spiro atoms. The van der Waals surface area contributed by atoms with Gasteiger partial charge in [0.15, 0.2) is 0 Å². The molecule has 104 valence electrons. The Morgan fingerprint density at radius 1 is 1.39 bits per heavy atom. The third-order valence-corrected chi connectivity index (χ3v) is 5.87. The second-order valence-corrected chi connectivity index (χ2v) is 6.99. The molecule has 3 nitrogen and oxygen atoms in total. The molecule has 2 bridgehead atoms. The van der Waals surface area contributed by atoms with Crippen LogP contribution in [-0.4, -0.2) is 41.8 Å². The van der Waals surface area contributed by atoms with Crippen molar-refractivity contribution in [2.24, 2.45) is 11.7 Å². The van der Waals surface area contributed by atoms with E-state index in [9.17, 15) is 0 Å². The lowest BCUT2D eigenvalue weighted by Crippen LogP contribution is -2.62. The van der Waals surface area contributed by atoms with Crippen molar-refractivity contribution in [1.29, 1.82) is 0 Å². The first kappa shape index (κ1) is 12.9. The van der Waals surface area contributed by atoms with Gasteiger partial charge in [-0.3, -0.25) is 4.90 Å². The van der Waals surface area contributed by atoms with Crippen LogP contribution in [0, 0.1) is 5.92 Å². The molecule has 4 atom stereocenters. The van der Waals surface area contributed by atoms with Gasteiger partial charge in [-0.25, -0.2) is 0 Å². The van der Waals surface area contributed by atoms with Crippen LogP contribution in [0.2, 0.25) is 0 Å². The van der Waals surface area contributed by atoms with Crippen LogP contribution in [0.5, 0.6) is 0 Å². The molecule has 2 aliphatic heterocycles. The van der Waals surface area contributed by atoms with Gasteiger partial charge in [0.1, 0.15) is 0 Å². The summed E-state index contributed by atoms with van der Waals surface area (Å²) in [6, 6.07) is 0.817. The van der Waals surface area contributed by atoms with Gasteiger partial charge in [-0.2, -0.15) is 0 Å². The van der Waals surface area contributed by atoms with Crippen LogP contribution in [0.15, 0.2) is 0 Å². The van der Waals surface area contributed by atoms with E-state index in [1.54, 1.807) is 0 Å². The van der Waals surface area contributed by atoms with Crippen LogP contribution >= 0.6 is 0 Å². The van der Waals surface area contributed by atoms with Gasteiger partial charge in [-0.15, -0.1) is 0 Å². The van der Waals surface area contributed by atoms with E-state index in [4.69, 9.17) is 10.5 Å². The van der Waals surface area contributed by atoms with Crippen LogP contribution in [-0.2, 0) is 4.74 Å². The van der Waals surface area contributed by atoms with Gasteiger partial charge in [0.05, 0.1) is 5.60 Å². The Morgan fingerprint density at radius 2 is 2.22 bits per heavy atom. The lowest BCUT2D eigenvalue weighted by Gasteiger charge is -2.53. The number of fused-ring (bicyclic) bond motifs is 2. The van der Waals surface area contributed by atoms with Gasteiger partial charge in [0, 0.05) is 31.3 Å². The second kappa shape index (κ2) is 4.46. The molecule has 2 heterocycles. The average Bonchev–Trinajstić information content (AvgIpc) is 3.01. The molecule has 0 aromatic rings. The monoisotopic (exact) mass is 252 g/mol. The van der Waals surface area contributed by atoms with Crippen molar-refractivity contribution in [2.75, 3.05) is 19.7 Å². The minimum Gasteiger partial charge on any atom is -0.375 e. The molecule has 2 saturated heterocycles. The summed E-state index contributed by atoms with van der Waals surface area (Å²) in [5.74, 6) is 0.953. The number of ether oxygens (including phenoxy) is 1. The van der Waals surface area contributed by atoms with Crippen molar-refractivity contribution in [3.8, 4) is 0 Å². The predicted octanol–water partition coefficient (Wildman–Crippen LogP) is 2.15. The van der Waals surface area contributed by atoms with Gasteiger partial charge in [0.25, 0.3) is 0 Å². The Balaban J connectivity index is 1.81. The minimum absolute atomic E-state index is 0.0411. The smallest absolute Gasteiger partial charge is 0.0670 e. The summed E-state index contributed by atoms with van der Waals surface area (Å²) < 4.78 is 6.03. The lowest BCUT2D eigenvalue weighted by molar-refractivity contribution is -0.134. The van der Waals surface area contributed by atoms with Gasteiger partial charge < -0.3 is 10.5 Å². The zero-order valence-corrected chi connectivity index (χ0v) is 12.0. The van der Waals surface area contributed by atoms with E-state index >= 15 is 0 Å². The lowest BCUT2D eigenvalue weighted by atomic mass is 9.77. The third-order valence-electron chi connectivity index (χ3n) is 5.87. The SMILES string of the molecule is CCC1(C)CC(CN)(N2CC3CCC2C3)CCO1. The van der Waals surface area contributed by atoms with E-state index in [1.807, 2.05) is 0 Å². The maximum atomic E-state index is 6.23. The quantitative estimate of drug-likeness (QED) is 0.836. The molecule has 3 fully saturated rings. The first-order valence-corrected chi connectivity index (χ1v) is 7.72. The summed E-state index contributed by atoms with van der Waals surface area (Å²) in [6.07, 6.45) is 7.61. The molecule has 4 unspecified atom stereocenters. The third kappa shape index (κ3) is 1.91. The molecule has 2 N–H and O–H groups in total. The molecule has 18 heavy (non-hydrogen) atoms. The number of nitrogens with zero attached hydrogens (tertiary/aromatic N) is 1. The second-order valence-electron chi connectivity index (χ2n) is 6.99. The standard InChI is InChI=1S/C15H28N2O/c1-3-14(2)10-15(11-16,6-7-18-14)17-9-12-4-5-13(17)8-12/h12-13H,3-11,16H2,1-2H3. The van der Waals surface area contributed by atoms with Gasteiger partial charge in [0.2, 0.25) is 0 Å². The number of rotatable bonds is 3. The molecule has 0 amide bonds. The summed E-state index contributed by atoms with van der Waals surface area (Å²) in [5, 5.41) is 0. The van der Waals surface area contributed by atoms with Crippen molar-refractivity contribution in [3.05, 3.63) is 0 Å². The Labute approximate surface area is 111 Å². The summed E-state index contributed by atoms with van der Waals surface area (Å²) in [5.41, 5.74) is 6.49. The average molecular weight is 252 g/mol. The fourth-order valence-corrected chi connectivity index (χ4v) is 4.59. The molecule has 1 aliphatic carbocycles. The molecular formula is C15H28N2O. The van der Waals surface area contributed by atoms with Crippen molar-refractivity contribution >= 4 is 0 Å². The van der Waals surface area contributed by atoms with Crippen LogP contribution in [0.4, 0.5) is 0 Å². The highest BCUT2D eigenvalue weighted by atomic mass is 16.5. The van der Waals surface area contributed by atoms with E-state index in [0.29, 0.717) is 0 Å². The van der Waals surface area contributed by atoms with Crippen molar-refractivity contribution in [1.82, 2.24) is 4.90 Å². The number of likely N-dealkylation sites (tertiary alicyclic amines) is 1. The van der Waals surface area contributed by atoms with Crippen LogP contribution < -0.4 is 5.73 Å². The molecular weight excluding hydrogens is 224 g/mol. The van der Waals surface area contributed by atoms with Gasteiger partial charge in [-0.1, -0.05) is 6.92 Å². The topological polar surface area (TPSA) is 38.5 Å². The molecule has 3 aliphatic rings. The van der Waals surface area contributed by atoms with Crippen LogP contribution in [0.1, 0.15) is 52.4 Å². The fraction of sp³-hybridized carbons (Fsp3) is 1.00. The van der Waals surface area contributed by atoms with E-state index < -0.39 is 0 Å². The minimum atomic E-state index is 0.0411. The highest BCUT2D eigenvalue weighted by Crippen LogP contribution is 2.46. The predicted molar refractivity (Wildman–Crippen MR) is 73.5 cm³/mol. The zero-order chi connectivity index (χ0) is 12.8. The molecule has 0 radical (unpaired) electrons. The van der Waals surface area contributed by atoms with E-state index in [2.05, 4.69) is 18.7 Å². The molecule has 1 saturated carbocycles. The molecule has 3 heteroatoms. The van der Waals surface area contributed by atoms with Gasteiger partial charge in [-0.05, 0) is 51.4 Å². The zero-order valence-electron chi connectivity index (χ0n) is 12.0. The molecule has 0 aromatic carbocycles. The normalized spacial score (nSPS) is 48.8. The number of hydrogen-bond acceptors (Lipinski definition) is 3. The fourth-order valence-electron chi connectivity index (χ4n) is 4.59. The van der Waals surface area contributed by atoms with E-state index in [0.717, 1.165) is 44.4 Å². The largest absolute Gasteiger partial charge is 0.375 e. The maximum absolute atomic E-state index is 6.23. The first-order valence-electron chi connectivity index (χ1n) is 7.72. The number of nitrogens with two attached hydrogens (primary N) is 1. The summed E-state index contributed by atoms with van der Waals surface area (Å²) >= 11 is 0. The Morgan fingerprint density at radius 3 is 2.78 bits per heavy atom. The van der Waals surface area contributed by atoms with E-state index in [1.165, 1.54) is 25.8 Å². The summed E-state index contributed by atoms with van der Waals surface area (Å²) in [4.78, 5) is 2.78. The highest BCUT2D eigenvalue weighted by molar-refractivity contribution is 5.07. The van der Waals surface area contributed by atoms with Gasteiger partial charge >= 0.3 is 0 Å². The van der Waals surface area contributed by atoms with Crippen LogP contribution in [0.3, 0.4) is 0 Å². The van der Waals surface area contributed by atoms with E-state index in [-0.39, 0.29) is 11.1 Å². The summed E-state index contributed by atoms with van der Waals surface area (Å²) in [7, 11) is 0. The molecule has 0 aromatic heterocycles. The summed E-state index contributed by atoms with van der Waals surface area (Å²) in [6.45, 7) is 7.49. The first-order chi connectivity index (χ1) is 8.61. The number of piperidine rings is 1.